The second-order valence-corrected chi connectivity index (χ2v) is 7.74. The van der Waals surface area contributed by atoms with Gasteiger partial charge in [-0.1, -0.05) is 24.3 Å². The van der Waals surface area contributed by atoms with Gasteiger partial charge in [0.15, 0.2) is 17.1 Å². The Morgan fingerprint density at radius 2 is 1.94 bits per heavy atom. The van der Waals surface area contributed by atoms with Crippen molar-refractivity contribution in [3.05, 3.63) is 46.8 Å². The van der Waals surface area contributed by atoms with E-state index in [9.17, 15) is 4.79 Å². The van der Waals surface area contributed by atoms with Crippen molar-refractivity contribution in [2.45, 2.75) is 25.9 Å². The first-order valence-corrected chi connectivity index (χ1v) is 10.4. The summed E-state index contributed by atoms with van der Waals surface area (Å²) in [7, 11) is 1.86. The number of H-pyrrole nitrogens is 2. The summed E-state index contributed by atoms with van der Waals surface area (Å²) in [5.41, 5.74) is 3.46. The number of aromatic nitrogens is 7. The fourth-order valence-corrected chi connectivity index (χ4v) is 3.88. The van der Waals surface area contributed by atoms with Gasteiger partial charge < -0.3 is 10.1 Å². The zero-order valence-corrected chi connectivity index (χ0v) is 17.3. The van der Waals surface area contributed by atoms with E-state index in [0.717, 1.165) is 43.0 Å². The topological polar surface area (TPSA) is 126 Å². The van der Waals surface area contributed by atoms with E-state index in [0.29, 0.717) is 41.8 Å². The van der Waals surface area contributed by atoms with Crippen LogP contribution in [0.4, 0.5) is 0 Å². The van der Waals surface area contributed by atoms with E-state index >= 15 is 0 Å². The van der Waals surface area contributed by atoms with Crippen LogP contribution in [0.1, 0.15) is 18.7 Å². The molecule has 0 unspecified atom stereocenters. The third-order valence-corrected chi connectivity index (χ3v) is 5.58. The lowest BCUT2D eigenvalue weighted by Gasteiger charge is -2.21. The van der Waals surface area contributed by atoms with Gasteiger partial charge in [0.05, 0.1) is 18.4 Å². The van der Waals surface area contributed by atoms with Crippen LogP contribution < -0.4 is 11.0 Å². The van der Waals surface area contributed by atoms with Gasteiger partial charge >= 0.3 is 5.69 Å². The molecule has 0 bridgehead atoms. The van der Waals surface area contributed by atoms with Crippen LogP contribution in [-0.4, -0.2) is 55.0 Å². The average Bonchev–Trinajstić information content (AvgIpc) is 3.39. The Kier molecular flexibility index (Phi) is 5.31. The molecule has 0 atom stereocenters. The number of benzene rings is 1. The molecular weight excluding hydrogens is 396 g/mol. The number of aromatic amines is 2. The largest absolute Gasteiger partial charge is 0.381 e. The Morgan fingerprint density at radius 1 is 1.16 bits per heavy atom. The monoisotopic (exact) mass is 420 g/mol. The standard InChI is InChI=1S/C21H24N8O2/c1-22-11-17-25-18(28-27-17)15-4-2-14(3-5-15)16-10-23-19-20(24-16)29(21(30)26-19)12-13-6-8-31-9-7-13/h2-5,10,13,22H,6-9,11-12H2,1H3,(H,23,26,30)(H,25,27,28). The first kappa shape index (κ1) is 19.6. The van der Waals surface area contributed by atoms with E-state index in [1.165, 1.54) is 0 Å². The molecule has 0 amide bonds. The van der Waals surface area contributed by atoms with Gasteiger partial charge in [0.25, 0.3) is 0 Å². The minimum absolute atomic E-state index is 0.170. The zero-order chi connectivity index (χ0) is 21.2. The molecule has 5 rings (SSSR count). The predicted octanol–water partition coefficient (Wildman–Crippen LogP) is 1.72. The van der Waals surface area contributed by atoms with Crippen LogP contribution in [0, 0.1) is 5.92 Å². The molecule has 4 aromatic rings. The Hall–Kier alpha value is -3.37. The first-order valence-electron chi connectivity index (χ1n) is 10.4. The molecule has 1 aromatic carbocycles. The van der Waals surface area contributed by atoms with E-state index in [4.69, 9.17) is 9.72 Å². The average molecular weight is 420 g/mol. The summed E-state index contributed by atoms with van der Waals surface area (Å²) in [4.78, 5) is 29.0. The molecule has 10 heteroatoms. The molecule has 1 aliphatic rings. The highest BCUT2D eigenvalue weighted by Crippen LogP contribution is 2.23. The second kappa shape index (κ2) is 8.40. The molecule has 10 nitrogen and oxygen atoms in total. The zero-order valence-electron chi connectivity index (χ0n) is 17.3. The Labute approximate surface area is 178 Å². The Bertz CT molecular complexity index is 1230. The molecule has 0 saturated carbocycles. The van der Waals surface area contributed by atoms with E-state index < -0.39 is 0 Å². The molecule has 31 heavy (non-hydrogen) atoms. The lowest BCUT2D eigenvalue weighted by atomic mass is 10.0. The van der Waals surface area contributed by atoms with E-state index in [-0.39, 0.29) is 5.69 Å². The quantitative estimate of drug-likeness (QED) is 0.433. The normalized spacial score (nSPS) is 15.0. The van der Waals surface area contributed by atoms with Gasteiger partial charge in [-0.25, -0.2) is 19.7 Å². The molecule has 160 valence electrons. The first-order chi connectivity index (χ1) is 15.2. The number of nitrogens with one attached hydrogen (secondary N) is 3. The van der Waals surface area contributed by atoms with Crippen molar-refractivity contribution in [1.82, 2.24) is 40.0 Å². The number of hydrogen-bond acceptors (Lipinski definition) is 7. The van der Waals surface area contributed by atoms with Gasteiger partial charge in [-0.2, -0.15) is 5.10 Å². The number of nitrogens with zero attached hydrogens (tertiary/aromatic N) is 5. The minimum atomic E-state index is -0.170. The molecule has 3 N–H and O–H groups in total. The maximum absolute atomic E-state index is 12.5. The third-order valence-electron chi connectivity index (χ3n) is 5.58. The highest BCUT2D eigenvalue weighted by atomic mass is 16.5. The molecule has 0 radical (unpaired) electrons. The van der Waals surface area contributed by atoms with Gasteiger partial charge in [0, 0.05) is 30.9 Å². The molecule has 4 heterocycles. The number of imidazole rings is 1. The van der Waals surface area contributed by atoms with Gasteiger partial charge in [-0.3, -0.25) is 14.6 Å². The van der Waals surface area contributed by atoms with E-state index in [1.54, 1.807) is 10.8 Å². The van der Waals surface area contributed by atoms with Crippen LogP contribution in [0.15, 0.2) is 35.3 Å². The van der Waals surface area contributed by atoms with Crippen LogP contribution in [0.25, 0.3) is 33.9 Å². The van der Waals surface area contributed by atoms with Crippen LogP contribution >= 0.6 is 0 Å². The fourth-order valence-electron chi connectivity index (χ4n) is 3.88. The number of ether oxygens (including phenoxy) is 1. The van der Waals surface area contributed by atoms with Gasteiger partial charge in [0.1, 0.15) is 5.82 Å². The summed E-state index contributed by atoms with van der Waals surface area (Å²) >= 11 is 0. The van der Waals surface area contributed by atoms with Crippen molar-refractivity contribution >= 4 is 11.3 Å². The van der Waals surface area contributed by atoms with Gasteiger partial charge in [-0.15, -0.1) is 0 Å². The highest BCUT2D eigenvalue weighted by Gasteiger charge is 2.19. The summed E-state index contributed by atoms with van der Waals surface area (Å²) in [6.45, 7) is 2.74. The molecule has 0 spiro atoms. The number of fused-ring (bicyclic) bond motifs is 1. The fraction of sp³-hybridized carbons (Fsp3) is 0.381. The van der Waals surface area contributed by atoms with Crippen LogP contribution in [0.5, 0.6) is 0 Å². The van der Waals surface area contributed by atoms with Crippen LogP contribution in [-0.2, 0) is 17.8 Å². The summed E-state index contributed by atoms with van der Waals surface area (Å²) in [5, 5.41) is 10.2. The summed E-state index contributed by atoms with van der Waals surface area (Å²) in [6, 6.07) is 7.85. The van der Waals surface area contributed by atoms with Crippen molar-refractivity contribution in [3.8, 4) is 22.6 Å². The summed E-state index contributed by atoms with van der Waals surface area (Å²) in [5.74, 6) is 1.84. The maximum Gasteiger partial charge on any atom is 0.328 e. The highest BCUT2D eigenvalue weighted by molar-refractivity contribution is 5.72. The lowest BCUT2D eigenvalue weighted by molar-refractivity contribution is 0.0613. The number of hydrogen-bond donors (Lipinski definition) is 3. The van der Waals surface area contributed by atoms with Crippen LogP contribution in [0.3, 0.4) is 0 Å². The minimum Gasteiger partial charge on any atom is -0.381 e. The summed E-state index contributed by atoms with van der Waals surface area (Å²) < 4.78 is 7.13. The van der Waals surface area contributed by atoms with Crippen molar-refractivity contribution < 1.29 is 4.74 Å². The molecule has 3 aromatic heterocycles. The lowest BCUT2D eigenvalue weighted by Crippen LogP contribution is -2.26. The van der Waals surface area contributed by atoms with Crippen LogP contribution in [0.2, 0.25) is 0 Å². The Balaban J connectivity index is 1.43. The molecular formula is C21H24N8O2. The third kappa shape index (κ3) is 3.99. The molecule has 1 fully saturated rings. The SMILES string of the molecule is CNCc1nc(-c2ccc(-c3cnc4[nH]c(=O)n(CC5CCOCC5)c4n3)cc2)n[nH]1. The summed E-state index contributed by atoms with van der Waals surface area (Å²) in [6.07, 6.45) is 3.58. The van der Waals surface area contributed by atoms with Crippen molar-refractivity contribution in [2.75, 3.05) is 20.3 Å². The molecule has 0 aliphatic carbocycles. The molecule has 1 aliphatic heterocycles. The smallest absolute Gasteiger partial charge is 0.328 e. The maximum atomic E-state index is 12.5. The van der Waals surface area contributed by atoms with E-state index in [1.807, 2.05) is 31.3 Å². The van der Waals surface area contributed by atoms with Gasteiger partial charge in [-0.05, 0) is 25.8 Å². The second-order valence-electron chi connectivity index (χ2n) is 7.74. The van der Waals surface area contributed by atoms with Gasteiger partial charge in [0.2, 0.25) is 0 Å². The Morgan fingerprint density at radius 3 is 2.71 bits per heavy atom. The predicted molar refractivity (Wildman–Crippen MR) is 115 cm³/mol. The van der Waals surface area contributed by atoms with E-state index in [2.05, 4.69) is 30.5 Å². The van der Waals surface area contributed by atoms with Crippen molar-refractivity contribution in [2.24, 2.45) is 5.92 Å². The number of rotatable bonds is 6. The van der Waals surface area contributed by atoms with Crippen molar-refractivity contribution in [1.29, 1.82) is 0 Å². The van der Waals surface area contributed by atoms with Crippen molar-refractivity contribution in [3.63, 3.8) is 0 Å². The molecule has 1 saturated heterocycles.